The first-order valence-corrected chi connectivity index (χ1v) is 7.05. The van der Waals surface area contributed by atoms with Crippen molar-refractivity contribution in [2.24, 2.45) is 0 Å². The third-order valence-corrected chi connectivity index (χ3v) is 3.40. The summed E-state index contributed by atoms with van der Waals surface area (Å²) in [5, 5.41) is 10.2. The van der Waals surface area contributed by atoms with Gasteiger partial charge in [-0.3, -0.25) is 0 Å². The lowest BCUT2D eigenvalue weighted by Gasteiger charge is -2.07. The number of aromatic nitrogens is 2. The quantitative estimate of drug-likeness (QED) is 0.855. The van der Waals surface area contributed by atoms with E-state index in [1.807, 2.05) is 0 Å². The van der Waals surface area contributed by atoms with Gasteiger partial charge in [0.1, 0.15) is 5.52 Å². The molecule has 0 aliphatic heterocycles. The number of aromatic carboxylic acids is 1. The van der Waals surface area contributed by atoms with Gasteiger partial charge >= 0.3 is 5.97 Å². The van der Waals surface area contributed by atoms with Crippen LogP contribution in [0.25, 0.3) is 11.0 Å². The monoisotopic (exact) mass is 358 g/mol. The number of hydrogen-bond acceptors (Lipinski definition) is 3. The second kappa shape index (κ2) is 5.10. The summed E-state index contributed by atoms with van der Waals surface area (Å²) >= 11 is 6.67. The topological polar surface area (TPSA) is 63.1 Å². The lowest BCUT2D eigenvalue weighted by molar-refractivity contribution is 0.0699. The number of para-hydroxylation sites is 1. The Morgan fingerprint density at radius 3 is 2.41 bits per heavy atom. The first-order chi connectivity index (χ1) is 8.17. The SMILES string of the molecule is O=C(O)c1cccc2nc(CBr)c(CBr)nc12. The standard InChI is InChI=1S/C11H8Br2N2O2/c12-4-8-9(5-13)15-10-6(11(16)17)2-1-3-7(10)14-8/h1-3H,4-5H2,(H,16,17). The van der Waals surface area contributed by atoms with E-state index in [0.29, 0.717) is 21.7 Å². The zero-order valence-electron chi connectivity index (χ0n) is 8.65. The summed E-state index contributed by atoms with van der Waals surface area (Å²) in [6, 6.07) is 4.97. The van der Waals surface area contributed by atoms with Gasteiger partial charge < -0.3 is 5.11 Å². The molecule has 0 atom stereocenters. The summed E-state index contributed by atoms with van der Waals surface area (Å²) in [6.07, 6.45) is 0. The van der Waals surface area contributed by atoms with Gasteiger partial charge in [-0.25, -0.2) is 14.8 Å². The van der Waals surface area contributed by atoms with Crippen molar-refractivity contribution < 1.29 is 9.90 Å². The third-order valence-electron chi connectivity index (χ3n) is 2.33. The predicted molar refractivity (Wildman–Crippen MR) is 71.8 cm³/mol. The van der Waals surface area contributed by atoms with E-state index in [-0.39, 0.29) is 5.56 Å². The van der Waals surface area contributed by atoms with E-state index in [1.165, 1.54) is 6.07 Å². The number of carboxylic acids is 1. The number of carbonyl (C=O) groups is 1. The molecule has 1 aromatic heterocycles. The summed E-state index contributed by atoms with van der Waals surface area (Å²) < 4.78 is 0. The molecule has 0 saturated heterocycles. The van der Waals surface area contributed by atoms with E-state index < -0.39 is 5.97 Å². The van der Waals surface area contributed by atoms with Crippen molar-refractivity contribution in [1.82, 2.24) is 9.97 Å². The van der Waals surface area contributed by atoms with Crippen molar-refractivity contribution in [3.8, 4) is 0 Å². The fraction of sp³-hybridized carbons (Fsp3) is 0.182. The molecule has 2 aromatic rings. The predicted octanol–water partition coefficient (Wildman–Crippen LogP) is 3.12. The number of benzene rings is 1. The smallest absolute Gasteiger partial charge is 0.337 e. The van der Waals surface area contributed by atoms with Crippen molar-refractivity contribution in [3.05, 3.63) is 35.2 Å². The van der Waals surface area contributed by atoms with Gasteiger partial charge in [0, 0.05) is 10.7 Å². The van der Waals surface area contributed by atoms with E-state index in [2.05, 4.69) is 41.8 Å². The molecule has 4 nitrogen and oxygen atoms in total. The van der Waals surface area contributed by atoms with Crippen molar-refractivity contribution >= 4 is 48.9 Å². The van der Waals surface area contributed by atoms with Crippen LogP contribution in [0.15, 0.2) is 18.2 Å². The van der Waals surface area contributed by atoms with E-state index in [4.69, 9.17) is 5.11 Å². The molecule has 6 heteroatoms. The molecule has 0 bridgehead atoms. The maximum absolute atomic E-state index is 11.1. The Kier molecular flexibility index (Phi) is 3.73. The fourth-order valence-corrected chi connectivity index (χ4v) is 2.43. The van der Waals surface area contributed by atoms with Crippen LogP contribution in [0.3, 0.4) is 0 Å². The highest BCUT2D eigenvalue weighted by atomic mass is 79.9. The Labute approximate surface area is 114 Å². The molecule has 0 unspecified atom stereocenters. The van der Waals surface area contributed by atoms with Gasteiger partial charge in [-0.15, -0.1) is 0 Å². The average Bonchev–Trinajstić information content (AvgIpc) is 2.35. The van der Waals surface area contributed by atoms with E-state index in [9.17, 15) is 4.79 Å². The summed E-state index contributed by atoms with van der Waals surface area (Å²) in [7, 11) is 0. The van der Waals surface area contributed by atoms with Gasteiger partial charge in [0.25, 0.3) is 0 Å². The van der Waals surface area contributed by atoms with Crippen molar-refractivity contribution in [2.75, 3.05) is 0 Å². The highest BCUT2D eigenvalue weighted by molar-refractivity contribution is 9.09. The third kappa shape index (κ3) is 2.32. The Bertz CT molecular complexity index is 587. The van der Waals surface area contributed by atoms with Crippen molar-refractivity contribution in [2.45, 2.75) is 10.7 Å². The molecular formula is C11H8Br2N2O2. The molecular weight excluding hydrogens is 352 g/mol. The molecule has 0 aliphatic rings. The van der Waals surface area contributed by atoms with Gasteiger partial charge in [-0.2, -0.15) is 0 Å². The molecule has 0 radical (unpaired) electrons. The molecule has 0 fully saturated rings. The second-order valence-corrected chi connectivity index (χ2v) is 4.48. The van der Waals surface area contributed by atoms with Gasteiger partial charge in [-0.1, -0.05) is 37.9 Å². The maximum Gasteiger partial charge on any atom is 0.337 e. The number of halogens is 2. The minimum absolute atomic E-state index is 0.179. The molecule has 1 N–H and O–H groups in total. The number of hydrogen-bond donors (Lipinski definition) is 1. The first-order valence-electron chi connectivity index (χ1n) is 4.81. The Morgan fingerprint density at radius 2 is 1.82 bits per heavy atom. The molecule has 0 amide bonds. The van der Waals surface area contributed by atoms with Crippen LogP contribution in [0.2, 0.25) is 0 Å². The van der Waals surface area contributed by atoms with Crippen LogP contribution in [-0.4, -0.2) is 21.0 Å². The van der Waals surface area contributed by atoms with Crippen LogP contribution in [-0.2, 0) is 10.7 Å². The second-order valence-electron chi connectivity index (χ2n) is 3.36. The molecule has 0 saturated carbocycles. The number of fused-ring (bicyclic) bond motifs is 1. The van der Waals surface area contributed by atoms with E-state index >= 15 is 0 Å². The van der Waals surface area contributed by atoms with Crippen LogP contribution in [0.1, 0.15) is 21.7 Å². The lowest BCUT2D eigenvalue weighted by atomic mass is 10.1. The summed E-state index contributed by atoms with van der Waals surface area (Å²) in [5.41, 5.74) is 2.78. The molecule has 1 heterocycles. The van der Waals surface area contributed by atoms with Gasteiger partial charge in [-0.05, 0) is 12.1 Å². The number of rotatable bonds is 3. The van der Waals surface area contributed by atoms with Crippen LogP contribution in [0.5, 0.6) is 0 Å². The summed E-state index contributed by atoms with van der Waals surface area (Å²) in [6.45, 7) is 0. The van der Waals surface area contributed by atoms with Crippen molar-refractivity contribution in [3.63, 3.8) is 0 Å². The highest BCUT2D eigenvalue weighted by Gasteiger charge is 2.13. The number of carboxylic acid groups (broad SMARTS) is 1. The van der Waals surface area contributed by atoms with E-state index in [0.717, 1.165) is 11.4 Å². The molecule has 88 valence electrons. The zero-order valence-corrected chi connectivity index (χ0v) is 11.8. The average molecular weight is 360 g/mol. The van der Waals surface area contributed by atoms with Crippen LogP contribution < -0.4 is 0 Å². The van der Waals surface area contributed by atoms with Crippen LogP contribution >= 0.6 is 31.9 Å². The van der Waals surface area contributed by atoms with Gasteiger partial charge in [0.15, 0.2) is 0 Å². The Hall–Kier alpha value is -1.01. The molecule has 0 spiro atoms. The fourth-order valence-electron chi connectivity index (χ4n) is 1.54. The number of alkyl halides is 2. The Balaban J connectivity index is 2.78. The van der Waals surface area contributed by atoms with Crippen LogP contribution in [0.4, 0.5) is 0 Å². The van der Waals surface area contributed by atoms with Crippen LogP contribution in [0, 0.1) is 0 Å². The summed E-state index contributed by atoms with van der Waals surface area (Å²) in [4.78, 5) is 19.9. The highest BCUT2D eigenvalue weighted by Crippen LogP contribution is 2.20. The number of nitrogens with zero attached hydrogens (tertiary/aromatic N) is 2. The lowest BCUT2D eigenvalue weighted by Crippen LogP contribution is -2.04. The van der Waals surface area contributed by atoms with Gasteiger partial charge in [0.2, 0.25) is 0 Å². The maximum atomic E-state index is 11.1. The first kappa shape index (κ1) is 12.4. The minimum atomic E-state index is -0.989. The molecule has 17 heavy (non-hydrogen) atoms. The largest absolute Gasteiger partial charge is 0.478 e. The Morgan fingerprint density at radius 1 is 1.18 bits per heavy atom. The summed E-state index contributed by atoms with van der Waals surface area (Å²) in [5.74, 6) is -0.989. The molecule has 1 aromatic carbocycles. The van der Waals surface area contributed by atoms with E-state index in [1.54, 1.807) is 12.1 Å². The van der Waals surface area contributed by atoms with Gasteiger partial charge in [0.05, 0.1) is 22.5 Å². The normalized spacial score (nSPS) is 10.7. The molecule has 0 aliphatic carbocycles. The molecule has 2 rings (SSSR count). The van der Waals surface area contributed by atoms with Crippen molar-refractivity contribution in [1.29, 1.82) is 0 Å². The zero-order chi connectivity index (χ0) is 12.4. The minimum Gasteiger partial charge on any atom is -0.478 e.